The fraction of sp³-hybridized carbons (Fsp3) is 0.294. The predicted molar refractivity (Wildman–Crippen MR) is 87.5 cm³/mol. The summed E-state index contributed by atoms with van der Waals surface area (Å²) in [6.45, 7) is 4.18. The first-order valence-electron chi connectivity index (χ1n) is 6.74. The summed E-state index contributed by atoms with van der Waals surface area (Å²) in [6, 6.07) is 14.2. The van der Waals surface area contributed by atoms with Gasteiger partial charge in [0.25, 0.3) is 0 Å². The number of halogens is 2. The standard InChI is InChI=1S/C17H19Cl2N/c1-3-12-4-7-14(8-5-12)17(2,20)11-13-6-9-15(18)16(19)10-13/h4-10H,3,11,20H2,1-2H3. The average Bonchev–Trinajstić information content (AvgIpc) is 2.43. The molecule has 0 spiro atoms. The number of hydrogen-bond donors (Lipinski definition) is 1. The lowest BCUT2D eigenvalue weighted by molar-refractivity contribution is 0.491. The van der Waals surface area contributed by atoms with Crippen LogP contribution in [0.1, 0.15) is 30.5 Å². The molecule has 0 saturated carbocycles. The monoisotopic (exact) mass is 307 g/mol. The molecule has 0 heterocycles. The van der Waals surface area contributed by atoms with Crippen LogP contribution in [0.5, 0.6) is 0 Å². The van der Waals surface area contributed by atoms with Crippen LogP contribution in [0.2, 0.25) is 10.0 Å². The molecule has 106 valence electrons. The van der Waals surface area contributed by atoms with Crippen molar-refractivity contribution in [2.45, 2.75) is 32.2 Å². The molecular weight excluding hydrogens is 289 g/mol. The van der Waals surface area contributed by atoms with E-state index in [1.807, 2.05) is 25.1 Å². The average molecular weight is 308 g/mol. The molecule has 0 fully saturated rings. The van der Waals surface area contributed by atoms with Crippen molar-refractivity contribution in [2.24, 2.45) is 5.73 Å². The van der Waals surface area contributed by atoms with E-state index in [0.29, 0.717) is 10.0 Å². The molecule has 0 amide bonds. The molecule has 2 rings (SSSR count). The lowest BCUT2D eigenvalue weighted by Gasteiger charge is -2.26. The maximum absolute atomic E-state index is 6.47. The van der Waals surface area contributed by atoms with E-state index in [0.717, 1.165) is 24.0 Å². The van der Waals surface area contributed by atoms with Crippen molar-refractivity contribution in [3.05, 3.63) is 69.2 Å². The third-order valence-electron chi connectivity index (χ3n) is 3.58. The maximum atomic E-state index is 6.47. The quantitative estimate of drug-likeness (QED) is 0.847. The van der Waals surface area contributed by atoms with Crippen LogP contribution in [0, 0.1) is 0 Å². The first kappa shape index (κ1) is 15.4. The second kappa shape index (κ2) is 6.17. The second-order valence-corrected chi connectivity index (χ2v) is 6.21. The van der Waals surface area contributed by atoms with Crippen LogP contribution in [0.4, 0.5) is 0 Å². The third kappa shape index (κ3) is 3.54. The molecule has 0 saturated heterocycles. The van der Waals surface area contributed by atoms with Crippen LogP contribution in [0.15, 0.2) is 42.5 Å². The molecule has 1 nitrogen and oxygen atoms in total. The van der Waals surface area contributed by atoms with E-state index in [-0.39, 0.29) is 0 Å². The molecule has 0 aromatic heterocycles. The minimum Gasteiger partial charge on any atom is -0.321 e. The molecule has 3 heteroatoms. The van der Waals surface area contributed by atoms with Gasteiger partial charge in [-0.1, -0.05) is 60.5 Å². The Bertz CT molecular complexity index is 588. The van der Waals surface area contributed by atoms with E-state index >= 15 is 0 Å². The molecule has 20 heavy (non-hydrogen) atoms. The molecule has 2 aromatic rings. The van der Waals surface area contributed by atoms with Gasteiger partial charge in [0.05, 0.1) is 10.0 Å². The summed E-state index contributed by atoms with van der Waals surface area (Å²) in [7, 11) is 0. The van der Waals surface area contributed by atoms with Crippen LogP contribution in [0.3, 0.4) is 0 Å². The second-order valence-electron chi connectivity index (χ2n) is 5.39. The first-order valence-corrected chi connectivity index (χ1v) is 7.50. The van der Waals surface area contributed by atoms with Crippen molar-refractivity contribution in [3.63, 3.8) is 0 Å². The Morgan fingerprint density at radius 3 is 2.10 bits per heavy atom. The van der Waals surface area contributed by atoms with E-state index in [1.54, 1.807) is 0 Å². The Morgan fingerprint density at radius 2 is 1.55 bits per heavy atom. The number of benzene rings is 2. The summed E-state index contributed by atoms with van der Waals surface area (Å²) in [4.78, 5) is 0. The highest BCUT2D eigenvalue weighted by Gasteiger charge is 2.21. The van der Waals surface area contributed by atoms with Gasteiger partial charge in [0.1, 0.15) is 0 Å². The Balaban J connectivity index is 2.22. The third-order valence-corrected chi connectivity index (χ3v) is 4.32. The van der Waals surface area contributed by atoms with E-state index < -0.39 is 5.54 Å². The lowest BCUT2D eigenvalue weighted by atomic mass is 9.86. The molecule has 2 aromatic carbocycles. The summed E-state index contributed by atoms with van der Waals surface area (Å²) in [5.41, 5.74) is 9.58. The van der Waals surface area contributed by atoms with Gasteiger partial charge in [0.2, 0.25) is 0 Å². The van der Waals surface area contributed by atoms with Crippen molar-refractivity contribution >= 4 is 23.2 Å². The summed E-state index contributed by atoms with van der Waals surface area (Å²) >= 11 is 12.0. The van der Waals surface area contributed by atoms with E-state index in [9.17, 15) is 0 Å². The Hall–Kier alpha value is -1.02. The maximum Gasteiger partial charge on any atom is 0.0595 e. The van der Waals surface area contributed by atoms with Crippen LogP contribution < -0.4 is 5.73 Å². The van der Waals surface area contributed by atoms with Gasteiger partial charge in [0, 0.05) is 5.54 Å². The molecular formula is C17H19Cl2N. The van der Waals surface area contributed by atoms with Crippen molar-refractivity contribution in [3.8, 4) is 0 Å². The minimum absolute atomic E-state index is 0.427. The minimum atomic E-state index is -0.427. The Kier molecular flexibility index (Phi) is 4.74. The van der Waals surface area contributed by atoms with Gasteiger partial charge in [-0.3, -0.25) is 0 Å². The van der Waals surface area contributed by atoms with Gasteiger partial charge < -0.3 is 5.73 Å². The fourth-order valence-corrected chi connectivity index (χ4v) is 2.62. The highest BCUT2D eigenvalue weighted by molar-refractivity contribution is 6.42. The molecule has 0 aliphatic rings. The Labute approximate surface area is 130 Å². The fourth-order valence-electron chi connectivity index (χ4n) is 2.30. The summed E-state index contributed by atoms with van der Waals surface area (Å²) in [5.74, 6) is 0. The molecule has 0 aliphatic carbocycles. The van der Waals surface area contributed by atoms with Gasteiger partial charge in [-0.2, -0.15) is 0 Å². The Morgan fingerprint density at radius 1 is 0.950 bits per heavy atom. The molecule has 1 unspecified atom stereocenters. The topological polar surface area (TPSA) is 26.0 Å². The zero-order valence-electron chi connectivity index (χ0n) is 11.8. The van der Waals surface area contributed by atoms with Crippen molar-refractivity contribution in [1.82, 2.24) is 0 Å². The first-order chi connectivity index (χ1) is 9.42. The van der Waals surface area contributed by atoms with Gasteiger partial charge in [-0.15, -0.1) is 0 Å². The molecule has 2 N–H and O–H groups in total. The largest absolute Gasteiger partial charge is 0.321 e. The van der Waals surface area contributed by atoms with Crippen molar-refractivity contribution in [2.75, 3.05) is 0 Å². The predicted octanol–water partition coefficient (Wildman–Crippen LogP) is 4.97. The van der Waals surface area contributed by atoms with Crippen LogP contribution in [-0.4, -0.2) is 0 Å². The van der Waals surface area contributed by atoms with Gasteiger partial charge in [-0.25, -0.2) is 0 Å². The van der Waals surface area contributed by atoms with Gasteiger partial charge >= 0.3 is 0 Å². The highest BCUT2D eigenvalue weighted by atomic mass is 35.5. The number of rotatable bonds is 4. The van der Waals surface area contributed by atoms with E-state index in [1.165, 1.54) is 5.56 Å². The SMILES string of the molecule is CCc1ccc(C(C)(N)Cc2ccc(Cl)c(Cl)c2)cc1. The zero-order chi connectivity index (χ0) is 14.8. The highest BCUT2D eigenvalue weighted by Crippen LogP contribution is 2.27. The van der Waals surface area contributed by atoms with Crippen molar-refractivity contribution in [1.29, 1.82) is 0 Å². The van der Waals surface area contributed by atoms with Gasteiger partial charge in [0.15, 0.2) is 0 Å². The molecule has 1 atom stereocenters. The molecule has 0 radical (unpaired) electrons. The van der Waals surface area contributed by atoms with Crippen LogP contribution in [-0.2, 0) is 18.4 Å². The zero-order valence-corrected chi connectivity index (χ0v) is 13.3. The number of hydrogen-bond acceptors (Lipinski definition) is 1. The van der Waals surface area contributed by atoms with E-state index in [2.05, 4.69) is 31.2 Å². The summed E-state index contributed by atoms with van der Waals surface area (Å²) in [6.07, 6.45) is 1.75. The van der Waals surface area contributed by atoms with Crippen LogP contribution in [0.25, 0.3) is 0 Å². The normalized spacial score (nSPS) is 14.1. The molecule has 0 aliphatic heterocycles. The van der Waals surface area contributed by atoms with Gasteiger partial charge in [-0.05, 0) is 48.6 Å². The number of nitrogens with two attached hydrogens (primary N) is 1. The van der Waals surface area contributed by atoms with Crippen molar-refractivity contribution < 1.29 is 0 Å². The summed E-state index contributed by atoms with van der Waals surface area (Å²) < 4.78 is 0. The smallest absolute Gasteiger partial charge is 0.0595 e. The summed E-state index contributed by atoms with van der Waals surface area (Å²) in [5, 5.41) is 1.14. The number of aryl methyl sites for hydroxylation is 1. The van der Waals surface area contributed by atoms with Crippen LogP contribution >= 0.6 is 23.2 Å². The van der Waals surface area contributed by atoms with E-state index in [4.69, 9.17) is 28.9 Å². The molecule has 0 bridgehead atoms. The lowest BCUT2D eigenvalue weighted by Crippen LogP contribution is -2.35.